The third kappa shape index (κ3) is 3.98. The zero-order chi connectivity index (χ0) is 13.1. The summed E-state index contributed by atoms with van der Waals surface area (Å²) in [6.45, 7) is 5.59. The minimum Gasteiger partial charge on any atom is -0.394 e. The number of aliphatic hydroxyl groups excluding tert-OH is 1. The predicted molar refractivity (Wildman–Crippen MR) is 67.2 cm³/mol. The highest BCUT2D eigenvalue weighted by Gasteiger charge is 2.18. The summed E-state index contributed by atoms with van der Waals surface area (Å²) in [5.41, 5.74) is 0.250. The maximum Gasteiger partial charge on any atom is 0.307 e. The van der Waals surface area contributed by atoms with Crippen LogP contribution in [0.25, 0.3) is 0 Å². The van der Waals surface area contributed by atoms with E-state index >= 15 is 0 Å². The molecule has 1 amide bonds. The Kier molecular flexibility index (Phi) is 4.47. The van der Waals surface area contributed by atoms with Gasteiger partial charge >= 0.3 is 4.87 Å². The Morgan fingerprint density at radius 3 is 2.71 bits per heavy atom. The fourth-order valence-electron chi connectivity index (χ4n) is 1.37. The zero-order valence-electron chi connectivity index (χ0n) is 10.3. The molecule has 0 bridgehead atoms. The van der Waals surface area contributed by atoms with Gasteiger partial charge in [-0.15, -0.1) is 0 Å². The number of amides is 1. The van der Waals surface area contributed by atoms with Crippen LogP contribution < -0.4 is 10.2 Å². The van der Waals surface area contributed by atoms with Crippen LogP contribution in [0.1, 0.15) is 26.0 Å². The second-order valence-corrected chi connectivity index (χ2v) is 5.46. The largest absolute Gasteiger partial charge is 0.394 e. The molecule has 0 saturated heterocycles. The van der Waals surface area contributed by atoms with Crippen molar-refractivity contribution in [3.8, 4) is 0 Å². The van der Waals surface area contributed by atoms with E-state index in [9.17, 15) is 9.59 Å². The quantitative estimate of drug-likeness (QED) is 0.807. The van der Waals surface area contributed by atoms with Crippen molar-refractivity contribution in [2.45, 2.75) is 39.3 Å². The number of rotatable bonds is 5. The van der Waals surface area contributed by atoms with Gasteiger partial charge in [0.25, 0.3) is 0 Å². The van der Waals surface area contributed by atoms with Crippen molar-refractivity contribution >= 4 is 17.2 Å². The number of aliphatic hydroxyl groups is 1. The van der Waals surface area contributed by atoms with Gasteiger partial charge in [-0.25, -0.2) is 0 Å². The second-order valence-electron chi connectivity index (χ2n) is 4.63. The molecule has 0 aliphatic rings. The van der Waals surface area contributed by atoms with E-state index in [-0.39, 0.29) is 23.8 Å². The molecular weight excluding hydrogens is 240 g/mol. The Bertz CT molecular complexity index is 448. The van der Waals surface area contributed by atoms with Crippen LogP contribution in [0.5, 0.6) is 0 Å². The van der Waals surface area contributed by atoms with Crippen LogP contribution in [0.3, 0.4) is 0 Å². The van der Waals surface area contributed by atoms with Crippen LogP contribution in [-0.2, 0) is 11.3 Å². The van der Waals surface area contributed by atoms with E-state index in [2.05, 4.69) is 5.32 Å². The summed E-state index contributed by atoms with van der Waals surface area (Å²) in [5, 5.41) is 13.5. The van der Waals surface area contributed by atoms with Gasteiger partial charge in [0.15, 0.2) is 0 Å². The molecule has 2 N–H and O–H groups in total. The van der Waals surface area contributed by atoms with Crippen molar-refractivity contribution in [2.75, 3.05) is 6.61 Å². The molecule has 1 aromatic heterocycles. The summed E-state index contributed by atoms with van der Waals surface area (Å²) in [6.07, 6.45) is 0.237. The van der Waals surface area contributed by atoms with Crippen LogP contribution in [0, 0.1) is 6.92 Å². The van der Waals surface area contributed by atoms with Gasteiger partial charge in [-0.3, -0.25) is 9.59 Å². The van der Waals surface area contributed by atoms with Gasteiger partial charge in [-0.2, -0.15) is 0 Å². The van der Waals surface area contributed by atoms with Crippen LogP contribution in [0.4, 0.5) is 0 Å². The van der Waals surface area contributed by atoms with Crippen LogP contribution in [0.2, 0.25) is 0 Å². The molecule has 0 fully saturated rings. The highest BCUT2D eigenvalue weighted by atomic mass is 32.1. The summed E-state index contributed by atoms with van der Waals surface area (Å²) in [7, 11) is 0. The van der Waals surface area contributed by atoms with Crippen molar-refractivity contribution in [1.82, 2.24) is 9.88 Å². The molecule has 0 aliphatic heterocycles. The maximum absolute atomic E-state index is 11.6. The summed E-state index contributed by atoms with van der Waals surface area (Å²) in [5.74, 6) is -0.165. The fourth-order valence-corrected chi connectivity index (χ4v) is 2.13. The SMILES string of the molecule is Cc1csc(=O)n1CCC(=O)NC(C)(C)CO. The highest BCUT2D eigenvalue weighted by molar-refractivity contribution is 7.07. The van der Waals surface area contributed by atoms with Gasteiger partial charge in [0.1, 0.15) is 0 Å². The van der Waals surface area contributed by atoms with Crippen molar-refractivity contribution in [3.05, 3.63) is 20.7 Å². The Hall–Kier alpha value is -1.14. The number of thiazole rings is 1. The van der Waals surface area contributed by atoms with E-state index < -0.39 is 5.54 Å². The number of carbonyl (C=O) groups excluding carboxylic acids is 1. The minimum absolute atomic E-state index is 0.0447. The maximum atomic E-state index is 11.6. The first kappa shape index (κ1) is 13.9. The van der Waals surface area contributed by atoms with E-state index in [1.165, 1.54) is 0 Å². The van der Waals surface area contributed by atoms with Crippen molar-refractivity contribution in [3.63, 3.8) is 0 Å². The predicted octanol–water partition coefficient (Wildman–Crippen LogP) is 0.495. The number of aromatic nitrogens is 1. The Morgan fingerprint density at radius 1 is 1.59 bits per heavy atom. The molecule has 1 aromatic rings. The monoisotopic (exact) mass is 258 g/mol. The normalized spacial score (nSPS) is 11.5. The average Bonchev–Trinajstić information content (AvgIpc) is 2.55. The lowest BCUT2D eigenvalue weighted by Crippen LogP contribution is -2.46. The number of nitrogens with zero attached hydrogens (tertiary/aromatic N) is 1. The van der Waals surface area contributed by atoms with Gasteiger partial charge < -0.3 is 15.0 Å². The first-order valence-electron chi connectivity index (χ1n) is 5.42. The Morgan fingerprint density at radius 2 is 2.24 bits per heavy atom. The third-order valence-corrected chi connectivity index (χ3v) is 3.29. The number of hydrogen-bond acceptors (Lipinski definition) is 4. The van der Waals surface area contributed by atoms with Gasteiger partial charge in [0, 0.05) is 24.0 Å². The number of carbonyl (C=O) groups is 1. The van der Waals surface area contributed by atoms with Gasteiger partial charge in [-0.05, 0) is 20.8 Å². The number of hydrogen-bond donors (Lipinski definition) is 2. The first-order chi connectivity index (χ1) is 7.85. The lowest BCUT2D eigenvalue weighted by atomic mass is 10.1. The molecule has 0 spiro atoms. The first-order valence-corrected chi connectivity index (χ1v) is 6.30. The summed E-state index contributed by atoms with van der Waals surface area (Å²) >= 11 is 1.14. The van der Waals surface area contributed by atoms with E-state index in [4.69, 9.17) is 5.11 Å². The molecule has 1 rings (SSSR count). The molecular formula is C11H18N2O3S. The molecule has 17 heavy (non-hydrogen) atoms. The molecule has 1 heterocycles. The number of nitrogens with one attached hydrogen (secondary N) is 1. The van der Waals surface area contributed by atoms with E-state index in [1.807, 2.05) is 6.92 Å². The smallest absolute Gasteiger partial charge is 0.307 e. The number of aryl methyl sites for hydroxylation is 1. The van der Waals surface area contributed by atoms with Gasteiger partial charge in [0.2, 0.25) is 5.91 Å². The van der Waals surface area contributed by atoms with Gasteiger partial charge in [0.05, 0.1) is 12.1 Å². The van der Waals surface area contributed by atoms with E-state index in [0.29, 0.717) is 6.54 Å². The van der Waals surface area contributed by atoms with Gasteiger partial charge in [-0.1, -0.05) is 11.3 Å². The highest BCUT2D eigenvalue weighted by Crippen LogP contribution is 2.03. The van der Waals surface area contributed by atoms with Crippen molar-refractivity contribution < 1.29 is 9.90 Å². The molecule has 6 heteroatoms. The van der Waals surface area contributed by atoms with Crippen LogP contribution >= 0.6 is 11.3 Å². The lowest BCUT2D eigenvalue weighted by Gasteiger charge is -2.23. The molecule has 5 nitrogen and oxygen atoms in total. The topological polar surface area (TPSA) is 71.3 Å². The third-order valence-electron chi connectivity index (χ3n) is 2.41. The minimum atomic E-state index is -0.619. The molecule has 0 saturated carbocycles. The average molecular weight is 258 g/mol. The van der Waals surface area contributed by atoms with Crippen molar-refractivity contribution in [2.24, 2.45) is 0 Å². The fraction of sp³-hybridized carbons (Fsp3) is 0.636. The van der Waals surface area contributed by atoms with Crippen LogP contribution in [0.15, 0.2) is 10.2 Å². The molecule has 0 radical (unpaired) electrons. The van der Waals surface area contributed by atoms with Crippen LogP contribution in [-0.4, -0.2) is 27.7 Å². The summed E-state index contributed by atoms with van der Waals surface area (Å²) in [6, 6.07) is 0. The zero-order valence-corrected chi connectivity index (χ0v) is 11.1. The molecule has 0 aliphatic carbocycles. The molecule has 0 unspecified atom stereocenters. The van der Waals surface area contributed by atoms with Crippen molar-refractivity contribution in [1.29, 1.82) is 0 Å². The summed E-state index contributed by atoms with van der Waals surface area (Å²) < 4.78 is 1.58. The van der Waals surface area contributed by atoms with E-state index in [0.717, 1.165) is 17.0 Å². The standard InChI is InChI=1S/C11H18N2O3S/c1-8-6-17-10(16)13(8)5-4-9(15)12-11(2,3)7-14/h6,14H,4-5,7H2,1-3H3,(H,12,15). The lowest BCUT2D eigenvalue weighted by molar-refractivity contribution is -0.123. The summed E-state index contributed by atoms with van der Waals surface area (Å²) in [4.78, 5) is 23.0. The molecule has 0 atom stereocenters. The Labute approximate surface area is 104 Å². The Balaban J connectivity index is 2.52. The molecule has 0 aromatic carbocycles. The molecule has 96 valence electrons. The second kappa shape index (κ2) is 5.46. The van der Waals surface area contributed by atoms with E-state index in [1.54, 1.807) is 23.8 Å².